The van der Waals surface area contributed by atoms with Crippen LogP contribution in [0.3, 0.4) is 0 Å². The van der Waals surface area contributed by atoms with E-state index >= 15 is 0 Å². The Bertz CT molecular complexity index is 464. The predicted octanol–water partition coefficient (Wildman–Crippen LogP) is 2.20. The van der Waals surface area contributed by atoms with Gasteiger partial charge in [0.15, 0.2) is 0 Å². The summed E-state index contributed by atoms with van der Waals surface area (Å²) in [4.78, 5) is 12.3. The Kier molecular flexibility index (Phi) is 3.95. The molecule has 0 bridgehead atoms. The van der Waals surface area contributed by atoms with Gasteiger partial charge in [-0.1, -0.05) is 36.8 Å². The molecule has 1 amide bonds. The number of nitrogens with one attached hydrogen (secondary N) is 2. The van der Waals surface area contributed by atoms with E-state index in [9.17, 15) is 4.79 Å². The first-order valence-corrected chi connectivity index (χ1v) is 7.00. The molecule has 2 rings (SSSR count). The van der Waals surface area contributed by atoms with E-state index in [4.69, 9.17) is 0 Å². The Labute approximate surface area is 115 Å². The number of benzene rings is 1. The lowest BCUT2D eigenvalue weighted by Gasteiger charge is -2.35. The van der Waals surface area contributed by atoms with Gasteiger partial charge in [0.1, 0.15) is 0 Å². The van der Waals surface area contributed by atoms with Gasteiger partial charge in [0.05, 0.1) is 5.54 Å². The van der Waals surface area contributed by atoms with Crippen molar-refractivity contribution in [3.63, 3.8) is 0 Å². The van der Waals surface area contributed by atoms with Gasteiger partial charge in [-0.15, -0.1) is 0 Å². The monoisotopic (exact) mass is 260 g/mol. The van der Waals surface area contributed by atoms with E-state index in [0.717, 1.165) is 18.7 Å². The third-order valence-corrected chi connectivity index (χ3v) is 4.11. The van der Waals surface area contributed by atoms with Gasteiger partial charge in [-0.25, -0.2) is 0 Å². The Morgan fingerprint density at radius 1 is 1.42 bits per heavy atom. The Balaban J connectivity index is 2.05. The molecule has 1 unspecified atom stereocenters. The molecule has 104 valence electrons. The molecule has 0 saturated carbocycles. The number of carbonyl (C=O) groups excluding carboxylic acids is 1. The molecule has 0 aliphatic carbocycles. The lowest BCUT2D eigenvalue weighted by molar-refractivity contribution is -0.128. The van der Waals surface area contributed by atoms with Crippen LogP contribution in [-0.2, 0) is 10.3 Å². The molecule has 3 nitrogen and oxygen atoms in total. The van der Waals surface area contributed by atoms with Crippen molar-refractivity contribution >= 4 is 5.91 Å². The second-order valence-corrected chi connectivity index (χ2v) is 6.19. The summed E-state index contributed by atoms with van der Waals surface area (Å²) in [5.74, 6) is 0.705. The summed E-state index contributed by atoms with van der Waals surface area (Å²) in [7, 11) is 0. The van der Waals surface area contributed by atoms with Crippen LogP contribution in [0.5, 0.6) is 0 Å². The lowest BCUT2D eigenvalue weighted by atomic mass is 9.86. The van der Waals surface area contributed by atoms with E-state index in [0.29, 0.717) is 5.92 Å². The molecule has 0 radical (unpaired) electrons. The second-order valence-electron chi connectivity index (χ2n) is 6.19. The van der Waals surface area contributed by atoms with Crippen molar-refractivity contribution in [3.8, 4) is 0 Å². The zero-order chi connectivity index (χ0) is 14.0. The van der Waals surface area contributed by atoms with Crippen LogP contribution in [0.1, 0.15) is 31.9 Å². The fourth-order valence-corrected chi connectivity index (χ4v) is 2.41. The van der Waals surface area contributed by atoms with Gasteiger partial charge < -0.3 is 10.6 Å². The maximum Gasteiger partial charge on any atom is 0.223 e. The van der Waals surface area contributed by atoms with Gasteiger partial charge >= 0.3 is 0 Å². The number of aryl methyl sites for hydroxylation is 1. The van der Waals surface area contributed by atoms with Crippen LogP contribution < -0.4 is 10.6 Å². The van der Waals surface area contributed by atoms with E-state index in [-0.39, 0.29) is 17.4 Å². The summed E-state index contributed by atoms with van der Waals surface area (Å²) in [6.07, 6.45) is 0. The minimum Gasteiger partial charge on any atom is -0.347 e. The molecule has 1 aliphatic heterocycles. The Hall–Kier alpha value is -1.35. The van der Waals surface area contributed by atoms with Crippen LogP contribution in [0.4, 0.5) is 0 Å². The fraction of sp³-hybridized carbons (Fsp3) is 0.562. The van der Waals surface area contributed by atoms with Crippen molar-refractivity contribution in [3.05, 3.63) is 35.4 Å². The van der Waals surface area contributed by atoms with Gasteiger partial charge in [-0.05, 0) is 45.3 Å². The summed E-state index contributed by atoms with van der Waals surface area (Å²) in [6.45, 7) is 10.1. The van der Waals surface area contributed by atoms with E-state index in [1.165, 1.54) is 5.56 Å². The molecule has 1 atom stereocenters. The van der Waals surface area contributed by atoms with Crippen molar-refractivity contribution in [2.24, 2.45) is 11.8 Å². The highest BCUT2D eigenvalue weighted by Gasteiger charge is 2.32. The average Bonchev–Trinajstić information content (AvgIpc) is 2.26. The Morgan fingerprint density at radius 3 is 2.63 bits per heavy atom. The third kappa shape index (κ3) is 3.16. The largest absolute Gasteiger partial charge is 0.347 e. The van der Waals surface area contributed by atoms with Gasteiger partial charge in [0, 0.05) is 5.92 Å². The van der Waals surface area contributed by atoms with Crippen molar-refractivity contribution < 1.29 is 4.79 Å². The molecule has 3 heteroatoms. The molecule has 1 heterocycles. The maximum atomic E-state index is 12.3. The zero-order valence-corrected chi connectivity index (χ0v) is 12.3. The van der Waals surface area contributed by atoms with Crippen molar-refractivity contribution in [2.45, 2.75) is 33.2 Å². The molecule has 1 aromatic rings. The first-order valence-electron chi connectivity index (χ1n) is 7.00. The molecule has 19 heavy (non-hydrogen) atoms. The predicted molar refractivity (Wildman–Crippen MR) is 77.9 cm³/mol. The van der Waals surface area contributed by atoms with Crippen LogP contribution >= 0.6 is 0 Å². The summed E-state index contributed by atoms with van der Waals surface area (Å²) < 4.78 is 0. The quantitative estimate of drug-likeness (QED) is 0.871. The van der Waals surface area contributed by atoms with Gasteiger partial charge in [-0.3, -0.25) is 4.79 Å². The van der Waals surface area contributed by atoms with Crippen LogP contribution in [0.15, 0.2) is 24.3 Å². The first-order chi connectivity index (χ1) is 8.90. The SMILES string of the molecule is Cc1cccc(C(C)(C)NC(=O)C(C)C2CNC2)c1. The van der Waals surface area contributed by atoms with Crippen LogP contribution in [0.25, 0.3) is 0 Å². The second kappa shape index (κ2) is 5.33. The molecule has 1 aliphatic rings. The van der Waals surface area contributed by atoms with E-state index < -0.39 is 0 Å². The minimum atomic E-state index is -0.325. The normalized spacial score (nSPS) is 17.7. The minimum absolute atomic E-state index is 0.0744. The molecule has 1 aromatic carbocycles. The smallest absolute Gasteiger partial charge is 0.223 e. The zero-order valence-electron chi connectivity index (χ0n) is 12.3. The first kappa shape index (κ1) is 14.1. The molecule has 1 saturated heterocycles. The van der Waals surface area contributed by atoms with E-state index in [2.05, 4.69) is 49.6 Å². The number of hydrogen-bond donors (Lipinski definition) is 2. The molecule has 2 N–H and O–H groups in total. The molecular formula is C16H24N2O. The summed E-state index contributed by atoms with van der Waals surface area (Å²) in [5.41, 5.74) is 2.05. The average molecular weight is 260 g/mol. The van der Waals surface area contributed by atoms with Gasteiger partial charge in [-0.2, -0.15) is 0 Å². The van der Waals surface area contributed by atoms with Crippen molar-refractivity contribution in [1.29, 1.82) is 0 Å². The van der Waals surface area contributed by atoms with Gasteiger partial charge in [0.2, 0.25) is 5.91 Å². The number of rotatable bonds is 4. The number of carbonyl (C=O) groups is 1. The van der Waals surface area contributed by atoms with E-state index in [1.807, 2.05) is 13.0 Å². The standard InChI is InChI=1S/C16H24N2O/c1-11-6-5-7-14(8-11)16(3,4)18-15(19)12(2)13-9-17-10-13/h5-8,12-13,17H,9-10H2,1-4H3,(H,18,19). The van der Waals surface area contributed by atoms with E-state index in [1.54, 1.807) is 0 Å². The molecule has 0 aromatic heterocycles. The summed E-state index contributed by atoms with van der Waals surface area (Å²) >= 11 is 0. The molecule has 0 spiro atoms. The lowest BCUT2D eigenvalue weighted by Crippen LogP contribution is -2.52. The molecular weight excluding hydrogens is 236 g/mol. The van der Waals surface area contributed by atoms with Crippen LogP contribution in [-0.4, -0.2) is 19.0 Å². The highest BCUT2D eigenvalue weighted by Crippen LogP contribution is 2.23. The highest BCUT2D eigenvalue weighted by atomic mass is 16.2. The summed E-state index contributed by atoms with van der Waals surface area (Å²) in [5, 5.41) is 6.40. The maximum absolute atomic E-state index is 12.3. The number of amides is 1. The fourth-order valence-electron chi connectivity index (χ4n) is 2.41. The van der Waals surface area contributed by atoms with Crippen molar-refractivity contribution in [2.75, 3.05) is 13.1 Å². The van der Waals surface area contributed by atoms with Crippen LogP contribution in [0, 0.1) is 18.8 Å². The molecule has 1 fully saturated rings. The summed E-state index contributed by atoms with van der Waals surface area (Å²) in [6, 6.07) is 8.32. The number of hydrogen-bond acceptors (Lipinski definition) is 2. The van der Waals surface area contributed by atoms with Crippen LogP contribution in [0.2, 0.25) is 0 Å². The third-order valence-electron chi connectivity index (χ3n) is 4.11. The topological polar surface area (TPSA) is 41.1 Å². The van der Waals surface area contributed by atoms with Crippen molar-refractivity contribution in [1.82, 2.24) is 10.6 Å². The highest BCUT2D eigenvalue weighted by molar-refractivity contribution is 5.79. The Morgan fingerprint density at radius 2 is 2.11 bits per heavy atom. The van der Waals surface area contributed by atoms with Gasteiger partial charge in [0.25, 0.3) is 0 Å².